The fourth-order valence-electron chi connectivity index (χ4n) is 2.21. The first-order valence-corrected chi connectivity index (χ1v) is 6.18. The third kappa shape index (κ3) is 2.49. The molecule has 3 heterocycles. The summed E-state index contributed by atoms with van der Waals surface area (Å²) in [5.74, 6) is 0.185. The van der Waals surface area contributed by atoms with Crippen molar-refractivity contribution in [2.45, 2.75) is 0 Å². The maximum absolute atomic E-state index is 12.8. The van der Waals surface area contributed by atoms with E-state index >= 15 is 0 Å². The molecule has 2 aromatic rings. The maximum Gasteiger partial charge on any atom is 0.225 e. The van der Waals surface area contributed by atoms with E-state index in [4.69, 9.17) is 0 Å². The molecule has 100 valence electrons. The summed E-state index contributed by atoms with van der Waals surface area (Å²) >= 11 is 0. The number of aromatic nitrogens is 4. The Balaban J connectivity index is 1.64. The lowest BCUT2D eigenvalue weighted by molar-refractivity contribution is 0.602. The van der Waals surface area contributed by atoms with E-state index < -0.39 is 5.82 Å². The first-order valence-electron chi connectivity index (χ1n) is 6.18. The van der Waals surface area contributed by atoms with E-state index in [0.717, 1.165) is 31.9 Å². The smallest absolute Gasteiger partial charge is 0.225 e. The first kappa shape index (κ1) is 11.9. The highest BCUT2D eigenvalue weighted by molar-refractivity contribution is 5.45. The lowest BCUT2D eigenvalue weighted by atomic mass is 10.3. The summed E-state index contributed by atoms with van der Waals surface area (Å²) in [5.41, 5.74) is 1.13. The summed E-state index contributed by atoms with van der Waals surface area (Å²) in [6.07, 6.45) is 6.28. The Morgan fingerprint density at radius 2 is 1.63 bits per heavy atom. The molecular weight excluding hydrogens is 247 g/mol. The van der Waals surface area contributed by atoms with E-state index in [1.165, 1.54) is 12.4 Å². The van der Waals surface area contributed by atoms with Gasteiger partial charge in [-0.1, -0.05) is 0 Å². The van der Waals surface area contributed by atoms with E-state index in [1.807, 2.05) is 19.4 Å². The average molecular weight is 262 g/mol. The fourth-order valence-corrected chi connectivity index (χ4v) is 2.21. The number of aryl methyl sites for hydroxylation is 1. The minimum atomic E-state index is -0.405. The number of nitrogens with zero attached hydrogens (tertiary/aromatic N) is 6. The molecule has 6 nitrogen and oxygen atoms in total. The Bertz CT molecular complexity index is 544. The molecule has 0 atom stereocenters. The van der Waals surface area contributed by atoms with Crippen LogP contribution in [0.4, 0.5) is 16.0 Å². The second-order valence-electron chi connectivity index (χ2n) is 4.55. The van der Waals surface area contributed by atoms with Crippen molar-refractivity contribution in [1.82, 2.24) is 19.7 Å². The Morgan fingerprint density at radius 1 is 1.00 bits per heavy atom. The first-order chi connectivity index (χ1) is 9.22. The van der Waals surface area contributed by atoms with E-state index in [0.29, 0.717) is 5.95 Å². The van der Waals surface area contributed by atoms with Gasteiger partial charge >= 0.3 is 0 Å². The Morgan fingerprint density at radius 3 is 2.21 bits per heavy atom. The second-order valence-corrected chi connectivity index (χ2v) is 4.55. The van der Waals surface area contributed by atoms with Gasteiger partial charge in [-0.25, -0.2) is 14.4 Å². The molecule has 1 fully saturated rings. The number of piperazine rings is 1. The molecule has 2 aromatic heterocycles. The van der Waals surface area contributed by atoms with Crippen LogP contribution in [0.25, 0.3) is 0 Å². The molecule has 0 radical (unpaired) electrons. The Labute approximate surface area is 110 Å². The van der Waals surface area contributed by atoms with Crippen molar-refractivity contribution in [3.63, 3.8) is 0 Å². The zero-order valence-corrected chi connectivity index (χ0v) is 10.7. The van der Waals surface area contributed by atoms with Crippen LogP contribution in [-0.4, -0.2) is 45.9 Å². The van der Waals surface area contributed by atoms with Gasteiger partial charge in [0.2, 0.25) is 5.95 Å². The molecule has 0 saturated carbocycles. The van der Waals surface area contributed by atoms with Gasteiger partial charge in [0.05, 0.1) is 24.3 Å². The standard InChI is InChI=1S/C12H15FN6/c1-17-9-11(8-16-17)18-2-4-19(5-3-18)12-14-6-10(13)7-15-12/h6-9H,2-5H2,1H3. The van der Waals surface area contributed by atoms with Gasteiger partial charge in [0.15, 0.2) is 5.82 Å². The van der Waals surface area contributed by atoms with Crippen molar-refractivity contribution in [3.05, 3.63) is 30.6 Å². The molecule has 1 aliphatic rings. The van der Waals surface area contributed by atoms with Crippen molar-refractivity contribution in [3.8, 4) is 0 Å². The zero-order chi connectivity index (χ0) is 13.2. The highest BCUT2D eigenvalue weighted by atomic mass is 19.1. The van der Waals surface area contributed by atoms with Gasteiger partial charge in [-0.2, -0.15) is 5.10 Å². The molecule has 0 bridgehead atoms. The molecule has 3 rings (SSSR count). The number of hydrogen-bond donors (Lipinski definition) is 0. The summed E-state index contributed by atoms with van der Waals surface area (Å²) in [6.45, 7) is 3.40. The lowest BCUT2D eigenvalue weighted by Crippen LogP contribution is -2.47. The molecule has 0 unspecified atom stereocenters. The van der Waals surface area contributed by atoms with Crippen molar-refractivity contribution < 1.29 is 4.39 Å². The Hall–Kier alpha value is -2.18. The quantitative estimate of drug-likeness (QED) is 0.796. The van der Waals surface area contributed by atoms with Gasteiger partial charge < -0.3 is 9.80 Å². The van der Waals surface area contributed by atoms with E-state index in [2.05, 4.69) is 24.9 Å². The molecule has 0 aliphatic carbocycles. The predicted octanol–water partition coefficient (Wildman–Crippen LogP) is 0.676. The summed E-state index contributed by atoms with van der Waals surface area (Å²) in [7, 11) is 1.91. The SMILES string of the molecule is Cn1cc(N2CCN(c3ncc(F)cn3)CC2)cn1. The molecule has 1 saturated heterocycles. The van der Waals surface area contributed by atoms with E-state index in [-0.39, 0.29) is 0 Å². The van der Waals surface area contributed by atoms with Crippen LogP contribution in [0, 0.1) is 5.82 Å². The zero-order valence-electron chi connectivity index (χ0n) is 10.7. The van der Waals surface area contributed by atoms with Crippen LogP contribution in [0.1, 0.15) is 0 Å². The van der Waals surface area contributed by atoms with Crippen molar-refractivity contribution in [2.75, 3.05) is 36.0 Å². The summed E-state index contributed by atoms with van der Waals surface area (Å²) in [6, 6.07) is 0. The molecule has 0 aromatic carbocycles. The van der Waals surface area contributed by atoms with E-state index in [1.54, 1.807) is 4.68 Å². The minimum absolute atomic E-state index is 0.405. The van der Waals surface area contributed by atoms with Gasteiger partial charge in [-0.05, 0) is 0 Å². The fraction of sp³-hybridized carbons (Fsp3) is 0.417. The average Bonchev–Trinajstić information content (AvgIpc) is 2.87. The molecule has 7 heteroatoms. The van der Waals surface area contributed by atoms with E-state index in [9.17, 15) is 4.39 Å². The number of hydrogen-bond acceptors (Lipinski definition) is 5. The predicted molar refractivity (Wildman–Crippen MR) is 69.6 cm³/mol. The van der Waals surface area contributed by atoms with Crippen LogP contribution >= 0.6 is 0 Å². The van der Waals surface area contributed by atoms with Crippen molar-refractivity contribution in [2.24, 2.45) is 7.05 Å². The van der Waals surface area contributed by atoms with Crippen LogP contribution in [-0.2, 0) is 7.05 Å². The molecule has 0 amide bonds. The van der Waals surface area contributed by atoms with Crippen LogP contribution in [0.2, 0.25) is 0 Å². The van der Waals surface area contributed by atoms with Crippen LogP contribution in [0.5, 0.6) is 0 Å². The molecule has 1 aliphatic heterocycles. The van der Waals surface area contributed by atoms with Gasteiger partial charge in [0.25, 0.3) is 0 Å². The third-order valence-corrected chi connectivity index (χ3v) is 3.23. The number of rotatable bonds is 2. The largest absolute Gasteiger partial charge is 0.365 e. The second kappa shape index (κ2) is 4.83. The Kier molecular flexibility index (Phi) is 3.02. The molecule has 19 heavy (non-hydrogen) atoms. The maximum atomic E-state index is 12.8. The third-order valence-electron chi connectivity index (χ3n) is 3.23. The minimum Gasteiger partial charge on any atom is -0.365 e. The monoisotopic (exact) mass is 262 g/mol. The molecule has 0 spiro atoms. The highest BCUT2D eigenvalue weighted by Crippen LogP contribution is 2.17. The molecular formula is C12H15FN6. The lowest BCUT2D eigenvalue weighted by Gasteiger charge is -2.35. The summed E-state index contributed by atoms with van der Waals surface area (Å²) in [5, 5.41) is 4.17. The van der Waals surface area contributed by atoms with Gasteiger partial charge in [-0.3, -0.25) is 4.68 Å². The van der Waals surface area contributed by atoms with Crippen molar-refractivity contribution >= 4 is 11.6 Å². The van der Waals surface area contributed by atoms with Crippen LogP contribution in [0.15, 0.2) is 24.8 Å². The summed E-state index contributed by atoms with van der Waals surface area (Å²) < 4.78 is 14.6. The number of halogens is 1. The summed E-state index contributed by atoms with van der Waals surface area (Å²) in [4.78, 5) is 12.4. The molecule has 0 N–H and O–H groups in total. The highest BCUT2D eigenvalue weighted by Gasteiger charge is 2.19. The number of anilines is 2. The van der Waals surface area contributed by atoms with Crippen LogP contribution < -0.4 is 9.80 Å². The van der Waals surface area contributed by atoms with Crippen molar-refractivity contribution in [1.29, 1.82) is 0 Å². The van der Waals surface area contributed by atoms with Gasteiger partial charge in [-0.15, -0.1) is 0 Å². The topological polar surface area (TPSA) is 50.1 Å². The van der Waals surface area contributed by atoms with Gasteiger partial charge in [0.1, 0.15) is 0 Å². The van der Waals surface area contributed by atoms with Gasteiger partial charge in [0, 0.05) is 39.4 Å². The van der Waals surface area contributed by atoms with Crippen LogP contribution in [0.3, 0.4) is 0 Å². The normalized spacial score (nSPS) is 15.9.